The first-order chi connectivity index (χ1) is 11.3. The summed E-state index contributed by atoms with van der Waals surface area (Å²) in [4.78, 5) is 25.7. The predicted octanol–water partition coefficient (Wildman–Crippen LogP) is 4.43. The van der Waals surface area contributed by atoms with Crippen molar-refractivity contribution in [2.45, 2.75) is 20.3 Å². The maximum atomic E-state index is 13.6. The van der Waals surface area contributed by atoms with Gasteiger partial charge in [-0.1, -0.05) is 18.2 Å². The molecule has 0 saturated carbocycles. The van der Waals surface area contributed by atoms with Gasteiger partial charge >= 0.3 is 5.97 Å². The minimum atomic E-state index is -0.627. The van der Waals surface area contributed by atoms with E-state index in [2.05, 4.69) is 20.7 Å². The average Bonchev–Trinajstić information content (AvgIpc) is 2.53. The van der Waals surface area contributed by atoms with Crippen molar-refractivity contribution in [3.8, 4) is 0 Å². The third kappa shape index (κ3) is 3.82. The number of halogens is 2. The van der Waals surface area contributed by atoms with Gasteiger partial charge in [-0.25, -0.2) is 4.39 Å². The number of aryl methyl sites for hydroxylation is 2. The number of hydrogen-bond donors (Lipinski definition) is 0. The highest BCUT2D eigenvalue weighted by Gasteiger charge is 2.24. The van der Waals surface area contributed by atoms with Crippen LogP contribution in [0.2, 0.25) is 0 Å². The molecule has 0 atom stereocenters. The smallest absolute Gasteiger partial charge is 0.315 e. The lowest BCUT2D eigenvalue weighted by atomic mass is 10.1. The molecule has 2 aromatic carbocycles. The van der Waals surface area contributed by atoms with Crippen LogP contribution in [0.1, 0.15) is 17.5 Å². The van der Waals surface area contributed by atoms with Crippen molar-refractivity contribution in [2.75, 3.05) is 12.0 Å². The zero-order valence-electron chi connectivity index (χ0n) is 13.6. The molecule has 0 heterocycles. The summed E-state index contributed by atoms with van der Waals surface area (Å²) in [5.74, 6) is -1.50. The number of nitrogens with zero attached hydrogens (tertiary/aromatic N) is 1. The SMILES string of the molecule is COC(=O)CC(=O)N(c1ccc(F)c(Br)c1)c1c(C)cccc1C. The van der Waals surface area contributed by atoms with Gasteiger partial charge in [0, 0.05) is 0 Å². The molecule has 0 unspecified atom stereocenters. The van der Waals surface area contributed by atoms with E-state index >= 15 is 0 Å². The van der Waals surface area contributed by atoms with E-state index in [1.165, 1.54) is 30.2 Å². The number of carbonyl (C=O) groups excluding carboxylic acids is 2. The lowest BCUT2D eigenvalue weighted by Gasteiger charge is -2.26. The zero-order chi connectivity index (χ0) is 17.9. The van der Waals surface area contributed by atoms with Crippen molar-refractivity contribution in [2.24, 2.45) is 0 Å². The Morgan fingerprint density at radius 3 is 2.33 bits per heavy atom. The standard InChI is InChI=1S/C18H17BrFNO3/c1-11-5-4-6-12(2)18(11)21(16(22)10-17(23)24-3)13-7-8-15(20)14(19)9-13/h4-9H,10H2,1-3H3. The first-order valence-electron chi connectivity index (χ1n) is 7.26. The Morgan fingerprint density at radius 1 is 1.17 bits per heavy atom. The molecule has 0 aliphatic heterocycles. The van der Waals surface area contributed by atoms with Crippen LogP contribution in [0.25, 0.3) is 0 Å². The van der Waals surface area contributed by atoms with Crippen LogP contribution in [0.5, 0.6) is 0 Å². The molecule has 0 N–H and O–H groups in total. The van der Waals surface area contributed by atoms with E-state index in [4.69, 9.17) is 0 Å². The van der Waals surface area contributed by atoms with Gasteiger partial charge in [-0.05, 0) is 59.1 Å². The Bertz CT molecular complexity index is 772. The van der Waals surface area contributed by atoms with Crippen LogP contribution in [0.15, 0.2) is 40.9 Å². The molecule has 0 spiro atoms. The molecule has 126 valence electrons. The topological polar surface area (TPSA) is 46.6 Å². The fraction of sp³-hybridized carbons (Fsp3) is 0.222. The second-order valence-corrected chi connectivity index (χ2v) is 6.18. The molecule has 24 heavy (non-hydrogen) atoms. The average molecular weight is 394 g/mol. The normalized spacial score (nSPS) is 10.4. The summed E-state index contributed by atoms with van der Waals surface area (Å²) in [5, 5.41) is 0. The van der Waals surface area contributed by atoms with Gasteiger partial charge in [-0.15, -0.1) is 0 Å². The fourth-order valence-electron chi connectivity index (χ4n) is 2.45. The van der Waals surface area contributed by atoms with Crippen molar-refractivity contribution >= 4 is 39.2 Å². The predicted molar refractivity (Wildman–Crippen MR) is 93.8 cm³/mol. The number of ether oxygens (including phenoxy) is 1. The van der Waals surface area contributed by atoms with E-state index in [-0.39, 0.29) is 4.47 Å². The van der Waals surface area contributed by atoms with Crippen molar-refractivity contribution in [1.82, 2.24) is 0 Å². The zero-order valence-corrected chi connectivity index (χ0v) is 15.2. The van der Waals surface area contributed by atoms with Crippen molar-refractivity contribution in [3.05, 3.63) is 57.8 Å². The Labute approximate surface area is 148 Å². The van der Waals surface area contributed by atoms with E-state index in [0.717, 1.165) is 11.1 Å². The second kappa shape index (κ2) is 7.57. The van der Waals surface area contributed by atoms with Gasteiger partial charge in [0.25, 0.3) is 0 Å². The molecular weight excluding hydrogens is 377 g/mol. The molecule has 0 bridgehead atoms. The van der Waals surface area contributed by atoms with Crippen LogP contribution in [0.4, 0.5) is 15.8 Å². The number of rotatable bonds is 4. The summed E-state index contributed by atoms with van der Waals surface area (Å²) in [7, 11) is 1.23. The number of carbonyl (C=O) groups is 2. The van der Waals surface area contributed by atoms with Gasteiger partial charge in [0.1, 0.15) is 12.2 Å². The van der Waals surface area contributed by atoms with E-state index in [1.807, 2.05) is 32.0 Å². The summed E-state index contributed by atoms with van der Waals surface area (Å²) in [6, 6.07) is 9.92. The van der Waals surface area contributed by atoms with E-state index in [0.29, 0.717) is 11.4 Å². The molecule has 0 fully saturated rings. The van der Waals surface area contributed by atoms with E-state index < -0.39 is 24.1 Å². The van der Waals surface area contributed by atoms with Crippen LogP contribution in [-0.2, 0) is 14.3 Å². The third-order valence-electron chi connectivity index (χ3n) is 3.60. The first kappa shape index (κ1) is 18.1. The highest BCUT2D eigenvalue weighted by Crippen LogP contribution is 2.34. The lowest BCUT2D eigenvalue weighted by molar-refractivity contribution is -0.143. The molecule has 0 radical (unpaired) electrons. The van der Waals surface area contributed by atoms with Crippen LogP contribution >= 0.6 is 15.9 Å². The van der Waals surface area contributed by atoms with Crippen LogP contribution < -0.4 is 4.90 Å². The quantitative estimate of drug-likeness (QED) is 0.569. The van der Waals surface area contributed by atoms with Crippen molar-refractivity contribution < 1.29 is 18.7 Å². The second-order valence-electron chi connectivity index (χ2n) is 5.32. The van der Waals surface area contributed by atoms with Crippen molar-refractivity contribution in [3.63, 3.8) is 0 Å². The number of methoxy groups -OCH3 is 1. The number of amides is 1. The molecule has 1 amide bonds. The number of benzene rings is 2. The summed E-state index contributed by atoms with van der Waals surface area (Å²) in [6.45, 7) is 3.75. The summed E-state index contributed by atoms with van der Waals surface area (Å²) >= 11 is 3.13. The molecule has 2 rings (SSSR count). The largest absolute Gasteiger partial charge is 0.469 e. The lowest BCUT2D eigenvalue weighted by Crippen LogP contribution is -2.29. The Morgan fingerprint density at radius 2 is 1.79 bits per heavy atom. The minimum Gasteiger partial charge on any atom is -0.469 e. The third-order valence-corrected chi connectivity index (χ3v) is 4.20. The van der Waals surface area contributed by atoms with Gasteiger partial charge in [0.2, 0.25) is 5.91 Å². The number of hydrogen-bond acceptors (Lipinski definition) is 3. The van der Waals surface area contributed by atoms with E-state index in [1.54, 1.807) is 0 Å². The summed E-state index contributed by atoms with van der Waals surface area (Å²) < 4.78 is 18.4. The summed E-state index contributed by atoms with van der Waals surface area (Å²) in [6.07, 6.45) is -0.404. The minimum absolute atomic E-state index is 0.238. The maximum Gasteiger partial charge on any atom is 0.315 e. The Hall–Kier alpha value is -2.21. The molecule has 0 aromatic heterocycles. The molecule has 0 aliphatic carbocycles. The van der Waals surface area contributed by atoms with E-state index in [9.17, 15) is 14.0 Å². The molecule has 2 aromatic rings. The number of esters is 1. The molecule has 6 heteroatoms. The van der Waals surface area contributed by atoms with Crippen LogP contribution in [0, 0.1) is 19.7 Å². The molecule has 4 nitrogen and oxygen atoms in total. The number of anilines is 2. The first-order valence-corrected chi connectivity index (χ1v) is 8.05. The molecular formula is C18H17BrFNO3. The Kier molecular flexibility index (Phi) is 5.72. The van der Waals surface area contributed by atoms with Gasteiger partial charge in [0.15, 0.2) is 0 Å². The van der Waals surface area contributed by atoms with Crippen LogP contribution in [0.3, 0.4) is 0 Å². The fourth-order valence-corrected chi connectivity index (χ4v) is 2.82. The van der Waals surface area contributed by atoms with Gasteiger partial charge in [-0.2, -0.15) is 0 Å². The highest BCUT2D eigenvalue weighted by atomic mass is 79.9. The highest BCUT2D eigenvalue weighted by molar-refractivity contribution is 9.10. The van der Waals surface area contributed by atoms with Crippen LogP contribution in [-0.4, -0.2) is 19.0 Å². The molecule has 0 aliphatic rings. The maximum absolute atomic E-state index is 13.6. The monoisotopic (exact) mass is 393 g/mol. The molecule has 0 saturated heterocycles. The van der Waals surface area contributed by atoms with Gasteiger partial charge in [-0.3, -0.25) is 14.5 Å². The summed E-state index contributed by atoms with van der Waals surface area (Å²) in [5.41, 5.74) is 2.88. The Balaban J connectivity index is 2.59. The number of para-hydroxylation sites is 1. The van der Waals surface area contributed by atoms with Gasteiger partial charge < -0.3 is 4.74 Å². The van der Waals surface area contributed by atoms with Crippen molar-refractivity contribution in [1.29, 1.82) is 0 Å². The van der Waals surface area contributed by atoms with Gasteiger partial charge in [0.05, 0.1) is 23.0 Å².